The van der Waals surface area contributed by atoms with E-state index in [9.17, 15) is 9.60 Å². The number of rotatable bonds is 6. The molecule has 0 aliphatic heterocycles. The van der Waals surface area contributed by atoms with Gasteiger partial charge in [-0.1, -0.05) is 102 Å². The Morgan fingerprint density at radius 1 is 0.620 bits per heavy atom. The lowest BCUT2D eigenvalue weighted by atomic mass is 9.87. The SMILES string of the molecule is [2H]c1cc(N(c2cc(Cl)cc(N(c3cc4c([2H])c([2H])c([2H])c([2H])c4o3)c3c([2H])c([2H])c(C(C)(C)C)c([2H])c3[2H])c2)c2c([2H])c([2H])c3c(c2[2H])CC(C)(C)C3)c([2H])c2c1CC(C)(C)C2. The van der Waals surface area contributed by atoms with E-state index in [4.69, 9.17) is 24.2 Å². The van der Waals surface area contributed by atoms with Gasteiger partial charge >= 0.3 is 0 Å². The van der Waals surface area contributed by atoms with Gasteiger partial charge in [-0.05, 0) is 130 Å². The van der Waals surface area contributed by atoms with Crippen LogP contribution in [0.15, 0.2) is 113 Å². The van der Waals surface area contributed by atoms with Gasteiger partial charge in [-0.2, -0.15) is 0 Å². The molecule has 1 aromatic heterocycles. The second-order valence-corrected chi connectivity index (χ2v) is 16.5. The smallest absolute Gasteiger partial charge is 0.205 e. The van der Waals surface area contributed by atoms with E-state index >= 15 is 0 Å². The second-order valence-electron chi connectivity index (χ2n) is 16.1. The number of hydrogen-bond donors (Lipinski definition) is 0. The van der Waals surface area contributed by atoms with Gasteiger partial charge < -0.3 is 9.32 Å². The minimum Gasteiger partial charge on any atom is -0.440 e. The molecule has 0 saturated carbocycles. The summed E-state index contributed by atoms with van der Waals surface area (Å²) in [6, 6.07) is 3.91. The molecule has 0 fully saturated rings. The summed E-state index contributed by atoms with van der Waals surface area (Å²) < 4.78 is 125. The van der Waals surface area contributed by atoms with Crippen molar-refractivity contribution >= 4 is 56.9 Å². The fourth-order valence-electron chi connectivity index (χ4n) is 7.08. The van der Waals surface area contributed by atoms with Gasteiger partial charge in [0.15, 0.2) is 0 Å². The molecule has 0 amide bonds. The average molecular weight is 692 g/mol. The largest absolute Gasteiger partial charge is 0.440 e. The summed E-state index contributed by atoms with van der Waals surface area (Å²) in [4.78, 5) is 2.77. The first-order chi connectivity index (χ1) is 29.2. The molecular weight excluding hydrogens is 632 g/mol. The van der Waals surface area contributed by atoms with Crippen LogP contribution >= 0.6 is 11.6 Å². The Morgan fingerprint density at radius 2 is 1.20 bits per heavy atom. The number of halogens is 1. The Labute approximate surface area is 320 Å². The zero-order chi connectivity index (χ0) is 46.3. The summed E-state index contributed by atoms with van der Waals surface area (Å²) in [5.41, 5.74) is 1.37. The summed E-state index contributed by atoms with van der Waals surface area (Å²) in [5, 5.41) is 0.0573. The Hall–Kier alpha value is -4.47. The van der Waals surface area contributed by atoms with E-state index < -0.39 is 41.7 Å². The zero-order valence-corrected chi connectivity index (χ0v) is 30.2. The highest BCUT2D eigenvalue weighted by atomic mass is 35.5. The molecule has 4 heteroatoms. The first-order valence-electron chi connectivity index (χ1n) is 23.4. The summed E-state index contributed by atoms with van der Waals surface area (Å²) in [6.45, 7) is 13.6. The van der Waals surface area contributed by atoms with E-state index in [1.807, 2.05) is 13.8 Å². The summed E-state index contributed by atoms with van der Waals surface area (Å²) >= 11 is 7.05. The van der Waals surface area contributed by atoms with Crippen LogP contribution in [0.1, 0.15) is 94.1 Å². The predicted molar refractivity (Wildman–Crippen MR) is 212 cm³/mol. The fourth-order valence-corrected chi connectivity index (χ4v) is 7.30. The minimum absolute atomic E-state index is 0.00364. The monoisotopic (exact) mass is 691 g/mol. The van der Waals surface area contributed by atoms with Gasteiger partial charge in [-0.3, -0.25) is 4.90 Å². The van der Waals surface area contributed by atoms with Crippen LogP contribution in [0.5, 0.6) is 0 Å². The maximum absolute atomic E-state index is 9.71. The summed E-state index contributed by atoms with van der Waals surface area (Å²) in [6.07, 6.45) is 2.05. The third-order valence-corrected chi connectivity index (χ3v) is 9.64. The van der Waals surface area contributed by atoms with Crippen molar-refractivity contribution in [1.29, 1.82) is 0 Å². The molecule has 0 bridgehead atoms. The van der Waals surface area contributed by atoms with Gasteiger partial charge in [0.1, 0.15) is 5.58 Å². The van der Waals surface area contributed by atoms with E-state index in [1.165, 1.54) is 28.0 Å². The Kier molecular flexibility index (Phi) is 4.97. The van der Waals surface area contributed by atoms with Gasteiger partial charge in [-0.25, -0.2) is 0 Å². The molecule has 0 unspecified atom stereocenters. The summed E-state index contributed by atoms with van der Waals surface area (Å²) in [7, 11) is 0. The predicted octanol–water partition coefficient (Wildman–Crippen LogP) is 13.6. The van der Waals surface area contributed by atoms with Crippen molar-refractivity contribution in [2.75, 3.05) is 9.80 Å². The highest BCUT2D eigenvalue weighted by molar-refractivity contribution is 6.31. The number of hydrogen-bond acceptors (Lipinski definition) is 3. The lowest BCUT2D eigenvalue weighted by Crippen LogP contribution is -2.14. The number of benzene rings is 5. The standard InChI is InChI=1S/C46H47ClN2O/c1-44(2,3)35-14-18-37(19-15-35)49(43-22-30-10-8-9-11-42(30)50-43)41-24-36(47)23-40(25-41)48(38-16-12-31-26-45(4,5)28-33(31)20-38)39-17-13-32-27-46(6,7)29-34(32)21-39/h8-25H,26-29H2,1-7H3/i8D,9D,10D,11D,12D,13D,14D,15D,16D,18D,19D,20D,21D. The first-order valence-corrected chi connectivity index (χ1v) is 17.3. The van der Waals surface area contributed by atoms with Gasteiger partial charge in [0.05, 0.1) is 23.5 Å². The minimum atomic E-state index is -0.805. The third kappa shape index (κ3) is 6.22. The molecule has 254 valence electrons. The second kappa shape index (κ2) is 11.8. The molecule has 2 aliphatic carbocycles. The highest BCUT2D eigenvalue weighted by Gasteiger charge is 2.31. The molecule has 0 radical (unpaired) electrons. The molecule has 50 heavy (non-hydrogen) atoms. The van der Waals surface area contributed by atoms with Crippen molar-refractivity contribution < 1.29 is 22.2 Å². The fraction of sp³-hybridized carbons (Fsp3) is 0.304. The number of furan rings is 1. The molecule has 0 saturated heterocycles. The van der Waals surface area contributed by atoms with Gasteiger partial charge in [0.25, 0.3) is 0 Å². The number of para-hydroxylation sites is 1. The van der Waals surface area contributed by atoms with Crippen molar-refractivity contribution in [3.63, 3.8) is 0 Å². The molecular formula is C46H47ClN2O. The number of anilines is 6. The van der Waals surface area contributed by atoms with Crippen LogP contribution in [0.3, 0.4) is 0 Å². The lowest BCUT2D eigenvalue weighted by Gasteiger charge is -2.29. The van der Waals surface area contributed by atoms with E-state index in [0.717, 1.165) is 5.56 Å². The number of fused-ring (bicyclic) bond motifs is 3. The molecule has 6 aromatic rings. The van der Waals surface area contributed by atoms with Crippen molar-refractivity contribution in [1.82, 2.24) is 0 Å². The molecule has 8 rings (SSSR count). The molecule has 5 aromatic carbocycles. The average Bonchev–Trinajstić information content (AvgIpc) is 3.88. The Bertz CT molecular complexity index is 2900. The van der Waals surface area contributed by atoms with Gasteiger partial charge in [-0.15, -0.1) is 0 Å². The molecule has 3 nitrogen and oxygen atoms in total. The van der Waals surface area contributed by atoms with Crippen molar-refractivity contribution in [2.24, 2.45) is 10.8 Å². The molecule has 0 N–H and O–H groups in total. The van der Waals surface area contributed by atoms with Gasteiger partial charge in [0.2, 0.25) is 5.88 Å². The van der Waals surface area contributed by atoms with E-state index in [0.29, 0.717) is 42.4 Å². The molecule has 0 spiro atoms. The van der Waals surface area contributed by atoms with Crippen molar-refractivity contribution in [3.05, 3.63) is 142 Å². The van der Waals surface area contributed by atoms with Crippen LogP contribution in [-0.4, -0.2) is 0 Å². The first kappa shape index (κ1) is 21.0. The third-order valence-electron chi connectivity index (χ3n) is 9.42. The van der Waals surface area contributed by atoms with Crippen LogP contribution in [-0.2, 0) is 31.1 Å². The quantitative estimate of drug-likeness (QED) is 0.173. The molecule has 0 atom stereocenters. The van der Waals surface area contributed by atoms with Crippen LogP contribution in [0.2, 0.25) is 5.02 Å². The van der Waals surface area contributed by atoms with E-state index in [2.05, 4.69) is 13.8 Å². The Balaban J connectivity index is 1.48. The van der Waals surface area contributed by atoms with Crippen molar-refractivity contribution in [2.45, 2.75) is 79.6 Å². The van der Waals surface area contributed by atoms with Crippen LogP contribution in [0.25, 0.3) is 11.0 Å². The molecule has 1 heterocycles. The highest BCUT2D eigenvalue weighted by Crippen LogP contribution is 2.47. The molecule has 2 aliphatic rings. The van der Waals surface area contributed by atoms with E-state index in [-0.39, 0.29) is 109 Å². The van der Waals surface area contributed by atoms with Crippen LogP contribution in [0, 0.1) is 10.8 Å². The van der Waals surface area contributed by atoms with Gasteiger partial charge in [0, 0.05) is 39.2 Å². The maximum Gasteiger partial charge on any atom is 0.205 e. The maximum atomic E-state index is 9.71. The lowest BCUT2D eigenvalue weighted by molar-refractivity contribution is 0.392. The van der Waals surface area contributed by atoms with Crippen LogP contribution < -0.4 is 9.80 Å². The van der Waals surface area contributed by atoms with Crippen molar-refractivity contribution in [3.8, 4) is 0 Å². The topological polar surface area (TPSA) is 19.6 Å². The van der Waals surface area contributed by atoms with Crippen LogP contribution in [0.4, 0.5) is 34.3 Å². The zero-order valence-electron chi connectivity index (χ0n) is 42.4. The Morgan fingerprint density at radius 3 is 1.88 bits per heavy atom. The summed E-state index contributed by atoms with van der Waals surface area (Å²) in [5.74, 6) is -0.189. The van der Waals surface area contributed by atoms with E-state index in [1.54, 1.807) is 32.9 Å². The number of nitrogens with zero attached hydrogens (tertiary/aromatic N) is 2. The normalized spacial score (nSPS) is 19.6.